The van der Waals surface area contributed by atoms with Crippen LogP contribution in [0.4, 0.5) is 14.5 Å². The molecule has 90 valence electrons. The minimum Gasteiger partial charge on any atom is -0.399 e. The molecule has 0 atom stereocenters. The fourth-order valence-corrected chi connectivity index (χ4v) is 3.76. The van der Waals surface area contributed by atoms with Gasteiger partial charge in [0.1, 0.15) is 11.6 Å². The first-order valence-electron chi connectivity index (χ1n) is 4.68. The molecule has 1 nitrogen and oxygen atoms in total. The summed E-state index contributed by atoms with van der Waals surface area (Å²) in [6, 6.07) is 6.11. The summed E-state index contributed by atoms with van der Waals surface area (Å²) in [5.74, 6) is -0.681. The molecule has 0 aliphatic carbocycles. The van der Waals surface area contributed by atoms with E-state index >= 15 is 0 Å². The van der Waals surface area contributed by atoms with Crippen molar-refractivity contribution >= 4 is 44.7 Å². The molecule has 0 spiro atoms. The summed E-state index contributed by atoms with van der Waals surface area (Å²) in [6.45, 7) is 0. The lowest BCUT2D eigenvalue weighted by Crippen LogP contribution is -1.93. The van der Waals surface area contributed by atoms with Crippen molar-refractivity contribution < 1.29 is 8.78 Å². The maximum Gasteiger partial charge on any atom is 0.141 e. The van der Waals surface area contributed by atoms with Crippen molar-refractivity contribution in [2.45, 2.75) is 10.6 Å². The second-order valence-corrected chi connectivity index (χ2v) is 6.84. The van der Waals surface area contributed by atoms with E-state index in [1.807, 2.05) is 12.1 Å². The highest BCUT2D eigenvalue weighted by molar-refractivity contribution is 9.11. The van der Waals surface area contributed by atoms with Crippen molar-refractivity contribution in [3.63, 3.8) is 0 Å². The Labute approximate surface area is 114 Å². The van der Waals surface area contributed by atoms with Gasteiger partial charge in [-0.3, -0.25) is 0 Å². The molecule has 0 unspecified atom stereocenters. The lowest BCUT2D eigenvalue weighted by atomic mass is 10.3. The summed E-state index contributed by atoms with van der Waals surface area (Å²) in [4.78, 5) is 1.07. The van der Waals surface area contributed by atoms with Gasteiger partial charge in [0.25, 0.3) is 0 Å². The number of nitrogen functional groups attached to an aromatic ring is 1. The maximum atomic E-state index is 13.5. The molecule has 6 heteroatoms. The first-order valence-corrected chi connectivity index (χ1v) is 7.27. The van der Waals surface area contributed by atoms with Crippen LogP contribution in [0.5, 0.6) is 0 Å². The summed E-state index contributed by atoms with van der Waals surface area (Å²) < 4.78 is 28.0. The topological polar surface area (TPSA) is 26.0 Å². The molecular weight excluding hydrogens is 328 g/mol. The number of thioether (sulfide) groups is 1. The van der Waals surface area contributed by atoms with Crippen LogP contribution in [0.15, 0.2) is 32.9 Å². The fourth-order valence-electron chi connectivity index (χ4n) is 1.29. The van der Waals surface area contributed by atoms with Gasteiger partial charge in [-0.15, -0.1) is 23.1 Å². The smallest absolute Gasteiger partial charge is 0.141 e. The summed E-state index contributed by atoms with van der Waals surface area (Å²) >= 11 is 6.02. The van der Waals surface area contributed by atoms with Gasteiger partial charge in [0.05, 0.1) is 8.68 Å². The van der Waals surface area contributed by atoms with Crippen molar-refractivity contribution in [1.82, 2.24) is 0 Å². The minimum atomic E-state index is -0.608. The van der Waals surface area contributed by atoms with E-state index in [2.05, 4.69) is 15.9 Å². The third-order valence-corrected chi connectivity index (χ3v) is 4.95. The molecule has 0 aliphatic rings. The summed E-state index contributed by atoms with van der Waals surface area (Å²) in [5.41, 5.74) is 5.45. The van der Waals surface area contributed by atoms with E-state index in [-0.39, 0.29) is 10.6 Å². The molecule has 2 aromatic rings. The summed E-state index contributed by atoms with van der Waals surface area (Å²) in [7, 11) is 0. The van der Waals surface area contributed by atoms with E-state index in [1.165, 1.54) is 0 Å². The van der Waals surface area contributed by atoms with Crippen LogP contribution in [-0.4, -0.2) is 0 Å². The number of hydrogen-bond donors (Lipinski definition) is 1. The number of anilines is 1. The van der Waals surface area contributed by atoms with Gasteiger partial charge in [0.2, 0.25) is 0 Å². The molecule has 17 heavy (non-hydrogen) atoms. The van der Waals surface area contributed by atoms with Crippen molar-refractivity contribution in [3.05, 3.63) is 44.6 Å². The highest BCUT2D eigenvalue weighted by Gasteiger charge is 2.11. The second-order valence-electron chi connectivity index (χ2n) is 3.31. The first-order chi connectivity index (χ1) is 8.06. The predicted molar refractivity (Wildman–Crippen MR) is 72.4 cm³/mol. The van der Waals surface area contributed by atoms with E-state index in [0.29, 0.717) is 5.75 Å². The standard InChI is InChI=1S/C11H8BrF2NS2/c12-10-2-1-7(17-10)5-16-11-8(13)3-6(15)4-9(11)14/h1-4H,5,15H2. The number of nitrogens with two attached hydrogens (primary N) is 1. The van der Waals surface area contributed by atoms with Crippen LogP contribution >= 0.6 is 39.0 Å². The van der Waals surface area contributed by atoms with Crippen molar-refractivity contribution in [1.29, 1.82) is 0 Å². The minimum absolute atomic E-state index is 0.0173. The van der Waals surface area contributed by atoms with Gasteiger partial charge in [0, 0.05) is 16.3 Å². The number of thiophene rings is 1. The first kappa shape index (κ1) is 12.9. The molecule has 0 amide bonds. The Morgan fingerprint density at radius 1 is 1.24 bits per heavy atom. The number of hydrogen-bond acceptors (Lipinski definition) is 3. The van der Waals surface area contributed by atoms with Gasteiger partial charge in [-0.05, 0) is 40.2 Å². The average molecular weight is 336 g/mol. The molecule has 1 aromatic heterocycles. The molecule has 2 N–H and O–H groups in total. The highest BCUT2D eigenvalue weighted by Crippen LogP contribution is 2.32. The Hall–Kier alpha value is -0.590. The third-order valence-electron chi connectivity index (χ3n) is 2.01. The van der Waals surface area contributed by atoms with E-state index < -0.39 is 11.6 Å². The summed E-state index contributed by atoms with van der Waals surface area (Å²) in [6.07, 6.45) is 0. The van der Waals surface area contributed by atoms with Gasteiger partial charge in [0.15, 0.2) is 0 Å². The molecule has 0 fully saturated rings. The van der Waals surface area contributed by atoms with Gasteiger partial charge in [-0.25, -0.2) is 8.78 Å². The zero-order valence-electron chi connectivity index (χ0n) is 8.54. The van der Waals surface area contributed by atoms with Crippen LogP contribution in [-0.2, 0) is 5.75 Å². The quantitative estimate of drug-likeness (QED) is 0.651. The lowest BCUT2D eigenvalue weighted by Gasteiger charge is -2.04. The third kappa shape index (κ3) is 3.20. The molecule has 0 radical (unpaired) electrons. The number of benzene rings is 1. The zero-order chi connectivity index (χ0) is 12.4. The van der Waals surface area contributed by atoms with Crippen LogP contribution in [0.2, 0.25) is 0 Å². The van der Waals surface area contributed by atoms with Crippen LogP contribution in [0.3, 0.4) is 0 Å². The number of rotatable bonds is 3. The Bertz CT molecular complexity index is 519. The fraction of sp³-hybridized carbons (Fsp3) is 0.0909. The van der Waals surface area contributed by atoms with Gasteiger partial charge in [-0.2, -0.15) is 0 Å². The molecule has 2 rings (SSSR count). The molecule has 0 saturated heterocycles. The van der Waals surface area contributed by atoms with Crippen molar-refractivity contribution in [2.24, 2.45) is 0 Å². The Morgan fingerprint density at radius 2 is 1.88 bits per heavy atom. The molecule has 0 saturated carbocycles. The zero-order valence-corrected chi connectivity index (χ0v) is 11.8. The molecular formula is C11H8BrF2NS2. The average Bonchev–Trinajstić information content (AvgIpc) is 2.62. The van der Waals surface area contributed by atoms with Crippen LogP contribution in [0, 0.1) is 11.6 Å². The predicted octanol–water partition coefficient (Wildman–Crippen LogP) is 4.66. The maximum absolute atomic E-state index is 13.5. The highest BCUT2D eigenvalue weighted by atomic mass is 79.9. The monoisotopic (exact) mass is 335 g/mol. The van der Waals surface area contributed by atoms with E-state index in [9.17, 15) is 8.78 Å². The molecule has 0 aliphatic heterocycles. The van der Waals surface area contributed by atoms with Crippen LogP contribution < -0.4 is 5.73 Å². The van der Waals surface area contributed by atoms with Crippen LogP contribution in [0.1, 0.15) is 4.88 Å². The van der Waals surface area contributed by atoms with Crippen molar-refractivity contribution in [3.8, 4) is 0 Å². The largest absolute Gasteiger partial charge is 0.399 e. The molecule has 1 heterocycles. The van der Waals surface area contributed by atoms with Crippen molar-refractivity contribution in [2.75, 3.05) is 5.73 Å². The normalized spacial score (nSPS) is 10.8. The van der Waals surface area contributed by atoms with E-state index in [0.717, 1.165) is 32.6 Å². The Balaban J connectivity index is 2.14. The second kappa shape index (κ2) is 5.37. The van der Waals surface area contributed by atoms with Gasteiger partial charge in [-0.1, -0.05) is 0 Å². The van der Waals surface area contributed by atoms with Crippen LogP contribution in [0.25, 0.3) is 0 Å². The van der Waals surface area contributed by atoms with E-state index in [1.54, 1.807) is 11.3 Å². The molecule has 0 bridgehead atoms. The SMILES string of the molecule is Nc1cc(F)c(SCc2ccc(Br)s2)c(F)c1. The lowest BCUT2D eigenvalue weighted by molar-refractivity contribution is 0.542. The van der Waals surface area contributed by atoms with Gasteiger partial charge < -0.3 is 5.73 Å². The van der Waals surface area contributed by atoms with E-state index in [4.69, 9.17) is 5.73 Å². The number of halogens is 3. The summed E-state index contributed by atoms with van der Waals surface area (Å²) in [5, 5.41) is 0. The Morgan fingerprint density at radius 3 is 2.41 bits per heavy atom. The van der Waals surface area contributed by atoms with Gasteiger partial charge >= 0.3 is 0 Å². The molecule has 1 aromatic carbocycles. The Kier molecular flexibility index (Phi) is 4.06.